The summed E-state index contributed by atoms with van der Waals surface area (Å²) in [4.78, 5) is 0. The van der Waals surface area contributed by atoms with Gasteiger partial charge in [-0.15, -0.1) is 0 Å². The maximum absolute atomic E-state index is 5.55. The average Bonchev–Trinajstić information content (AvgIpc) is 2.30. The topological polar surface area (TPSA) is 9.23 Å². The first-order valence-corrected chi connectivity index (χ1v) is 5.86. The molecular weight excluding hydrogens is 204 g/mol. The molecule has 1 nitrogen and oxygen atoms in total. The van der Waals surface area contributed by atoms with E-state index in [1.54, 1.807) is 0 Å². The predicted octanol–water partition coefficient (Wildman–Crippen LogP) is 3.29. The van der Waals surface area contributed by atoms with Crippen molar-refractivity contribution in [2.45, 2.75) is 12.8 Å². The normalized spacial score (nSPS) is 13.2. The van der Waals surface area contributed by atoms with Gasteiger partial charge < -0.3 is 4.74 Å². The lowest BCUT2D eigenvalue weighted by Gasteiger charge is -2.14. The zero-order valence-electron chi connectivity index (χ0n) is 9.10. The van der Waals surface area contributed by atoms with Crippen molar-refractivity contribution in [2.24, 2.45) is 0 Å². The van der Waals surface area contributed by atoms with Crippen LogP contribution < -0.4 is 0 Å². The minimum atomic E-state index is 0.389. The first kappa shape index (κ1) is 12.3. The van der Waals surface area contributed by atoms with Gasteiger partial charge in [0.25, 0.3) is 0 Å². The van der Waals surface area contributed by atoms with Gasteiger partial charge in [-0.05, 0) is 18.2 Å². The van der Waals surface area contributed by atoms with Gasteiger partial charge in [0.2, 0.25) is 0 Å². The molecule has 0 aliphatic rings. The van der Waals surface area contributed by atoms with Crippen molar-refractivity contribution in [1.29, 1.82) is 0 Å². The largest absolute Gasteiger partial charge is 0.377 e. The number of benzene rings is 1. The molecule has 0 saturated carbocycles. The third kappa shape index (κ3) is 4.54. The van der Waals surface area contributed by atoms with Gasteiger partial charge in [-0.1, -0.05) is 42.5 Å². The molecule has 0 spiro atoms. The van der Waals surface area contributed by atoms with Crippen molar-refractivity contribution in [1.82, 2.24) is 0 Å². The van der Waals surface area contributed by atoms with E-state index in [0.29, 0.717) is 12.5 Å². The first-order valence-electron chi connectivity index (χ1n) is 5.23. The number of thiol groups is 1. The fourth-order valence-electron chi connectivity index (χ4n) is 1.35. The van der Waals surface area contributed by atoms with E-state index in [1.165, 1.54) is 5.56 Å². The van der Waals surface area contributed by atoms with Crippen molar-refractivity contribution in [3.05, 3.63) is 48.0 Å². The van der Waals surface area contributed by atoms with E-state index in [-0.39, 0.29) is 0 Å². The molecule has 1 unspecified atom stereocenters. The minimum Gasteiger partial charge on any atom is -0.377 e. The van der Waals surface area contributed by atoms with E-state index in [4.69, 9.17) is 4.74 Å². The summed E-state index contributed by atoms with van der Waals surface area (Å²) in [6.45, 7) is 3.42. The van der Waals surface area contributed by atoms with Crippen LogP contribution in [0.25, 0.3) is 0 Å². The molecule has 1 rings (SSSR count). The van der Waals surface area contributed by atoms with Crippen LogP contribution in [0.3, 0.4) is 0 Å². The highest BCUT2D eigenvalue weighted by molar-refractivity contribution is 7.80. The van der Waals surface area contributed by atoms with Crippen molar-refractivity contribution in [3.63, 3.8) is 0 Å². The lowest BCUT2D eigenvalue weighted by molar-refractivity contribution is 0.151. The van der Waals surface area contributed by atoms with E-state index < -0.39 is 0 Å². The van der Waals surface area contributed by atoms with Crippen LogP contribution in [0.1, 0.15) is 18.4 Å². The smallest absolute Gasteiger partial charge is 0.0647 e. The molecular formula is C13H18OS. The monoisotopic (exact) mass is 222 g/mol. The van der Waals surface area contributed by atoms with E-state index in [1.807, 2.05) is 25.1 Å². The molecule has 0 aliphatic carbocycles. The second-order valence-electron chi connectivity index (χ2n) is 3.40. The Morgan fingerprint density at radius 2 is 2.07 bits per heavy atom. The fraction of sp³-hybridized carbons (Fsp3) is 0.385. The zero-order valence-corrected chi connectivity index (χ0v) is 9.99. The summed E-state index contributed by atoms with van der Waals surface area (Å²) in [5.41, 5.74) is 1.30. The van der Waals surface area contributed by atoms with Crippen LogP contribution in [0, 0.1) is 0 Å². The van der Waals surface area contributed by atoms with Crippen LogP contribution in [-0.2, 0) is 4.74 Å². The van der Waals surface area contributed by atoms with E-state index in [0.717, 1.165) is 12.4 Å². The molecule has 0 aliphatic heterocycles. The number of rotatable bonds is 6. The van der Waals surface area contributed by atoms with Gasteiger partial charge in [0.15, 0.2) is 0 Å². The lowest BCUT2D eigenvalue weighted by atomic mass is 10.0. The summed E-state index contributed by atoms with van der Waals surface area (Å²) in [7, 11) is 0. The first-order chi connectivity index (χ1) is 7.38. The van der Waals surface area contributed by atoms with Crippen LogP contribution >= 0.6 is 12.6 Å². The average molecular weight is 222 g/mol. The van der Waals surface area contributed by atoms with Crippen LogP contribution in [0.2, 0.25) is 0 Å². The Labute approximate surface area is 97.6 Å². The molecule has 0 heterocycles. The Kier molecular flexibility index (Phi) is 6.21. The van der Waals surface area contributed by atoms with Crippen molar-refractivity contribution < 1.29 is 4.74 Å². The third-order valence-electron chi connectivity index (χ3n) is 2.26. The standard InChI is InChI=1S/C13H18OS/c1-2-3-9-14-10-13(11-15)12-7-5-4-6-8-12/h2-8,13,15H,9-11H2,1H3. The van der Waals surface area contributed by atoms with Gasteiger partial charge >= 0.3 is 0 Å². The van der Waals surface area contributed by atoms with Crippen LogP contribution in [-0.4, -0.2) is 19.0 Å². The molecule has 1 atom stereocenters. The van der Waals surface area contributed by atoms with Gasteiger partial charge in [-0.2, -0.15) is 12.6 Å². The van der Waals surface area contributed by atoms with Gasteiger partial charge in [0, 0.05) is 5.92 Å². The summed E-state index contributed by atoms with van der Waals surface area (Å²) < 4.78 is 5.55. The van der Waals surface area contributed by atoms with Gasteiger partial charge in [-0.3, -0.25) is 0 Å². The van der Waals surface area contributed by atoms with Gasteiger partial charge in [0.1, 0.15) is 0 Å². The van der Waals surface area contributed by atoms with Crippen molar-refractivity contribution in [3.8, 4) is 0 Å². The molecule has 15 heavy (non-hydrogen) atoms. The lowest BCUT2D eigenvalue weighted by Crippen LogP contribution is -2.09. The highest BCUT2D eigenvalue weighted by atomic mass is 32.1. The fourth-order valence-corrected chi connectivity index (χ4v) is 1.67. The number of hydrogen-bond donors (Lipinski definition) is 1. The highest BCUT2D eigenvalue weighted by Gasteiger charge is 2.08. The molecule has 0 fully saturated rings. The number of hydrogen-bond acceptors (Lipinski definition) is 2. The molecule has 0 amide bonds. The van der Waals surface area contributed by atoms with Crippen LogP contribution in [0.15, 0.2) is 42.5 Å². The Morgan fingerprint density at radius 1 is 1.33 bits per heavy atom. The van der Waals surface area contributed by atoms with Gasteiger partial charge in [-0.25, -0.2) is 0 Å². The molecule has 0 saturated heterocycles. The molecule has 1 aromatic carbocycles. The molecule has 0 bridgehead atoms. The Bertz CT molecular complexity index is 282. The molecule has 82 valence electrons. The highest BCUT2D eigenvalue weighted by Crippen LogP contribution is 2.17. The maximum Gasteiger partial charge on any atom is 0.0647 e. The minimum absolute atomic E-state index is 0.389. The number of ether oxygens (including phenoxy) is 1. The number of allylic oxidation sites excluding steroid dienone is 1. The SMILES string of the molecule is CC=CCOCC(CS)c1ccccc1. The molecule has 1 aromatic rings. The molecule has 0 aromatic heterocycles. The predicted molar refractivity (Wildman–Crippen MR) is 68.7 cm³/mol. The second-order valence-corrected chi connectivity index (χ2v) is 3.76. The zero-order chi connectivity index (χ0) is 10.9. The maximum atomic E-state index is 5.55. The quantitative estimate of drug-likeness (QED) is 0.441. The van der Waals surface area contributed by atoms with Crippen molar-refractivity contribution >= 4 is 12.6 Å². The summed E-state index contributed by atoms with van der Waals surface area (Å²) in [5.74, 6) is 1.21. The van der Waals surface area contributed by atoms with E-state index in [9.17, 15) is 0 Å². The molecule has 2 heteroatoms. The van der Waals surface area contributed by atoms with Crippen LogP contribution in [0.5, 0.6) is 0 Å². The van der Waals surface area contributed by atoms with E-state index >= 15 is 0 Å². The Balaban J connectivity index is 2.43. The molecule has 0 N–H and O–H groups in total. The van der Waals surface area contributed by atoms with Crippen molar-refractivity contribution in [2.75, 3.05) is 19.0 Å². The van der Waals surface area contributed by atoms with Gasteiger partial charge in [0.05, 0.1) is 13.2 Å². The summed E-state index contributed by atoms with van der Waals surface area (Å²) in [6.07, 6.45) is 4.01. The summed E-state index contributed by atoms with van der Waals surface area (Å²) in [5, 5.41) is 0. The summed E-state index contributed by atoms with van der Waals surface area (Å²) in [6, 6.07) is 10.4. The second kappa shape index (κ2) is 7.55. The summed E-state index contributed by atoms with van der Waals surface area (Å²) >= 11 is 4.35. The molecule has 0 radical (unpaired) electrons. The Hall–Kier alpha value is -0.730. The third-order valence-corrected chi connectivity index (χ3v) is 2.70. The van der Waals surface area contributed by atoms with Crippen LogP contribution in [0.4, 0.5) is 0 Å². The Morgan fingerprint density at radius 3 is 2.67 bits per heavy atom. The van der Waals surface area contributed by atoms with E-state index in [2.05, 4.69) is 36.9 Å².